The maximum Gasteiger partial charge on any atom is 0.291 e. The van der Waals surface area contributed by atoms with Gasteiger partial charge < -0.3 is 9.32 Å². The van der Waals surface area contributed by atoms with E-state index in [1.165, 1.54) is 5.56 Å². The van der Waals surface area contributed by atoms with Gasteiger partial charge in [-0.2, -0.15) is 0 Å². The number of hydrogen-bond donors (Lipinski definition) is 0. The summed E-state index contributed by atoms with van der Waals surface area (Å²) in [5, 5.41) is 0.524. The van der Waals surface area contributed by atoms with Crippen molar-refractivity contribution in [2.24, 2.45) is 0 Å². The molecular formula is C28H25NO3. The van der Waals surface area contributed by atoms with Gasteiger partial charge in [-0.3, -0.25) is 9.59 Å². The fraction of sp³-hybridized carbons (Fsp3) is 0.214. The third-order valence-corrected chi connectivity index (χ3v) is 6.48. The van der Waals surface area contributed by atoms with E-state index in [1.807, 2.05) is 68.4 Å². The van der Waals surface area contributed by atoms with Gasteiger partial charge in [0.15, 0.2) is 5.43 Å². The second-order valence-corrected chi connectivity index (χ2v) is 8.52. The summed E-state index contributed by atoms with van der Waals surface area (Å²) in [5.74, 6) is -0.0862. The maximum atomic E-state index is 13.7. The first-order chi connectivity index (χ1) is 15.5. The molecule has 1 aromatic heterocycles. The molecule has 0 saturated heterocycles. The zero-order valence-electron chi connectivity index (χ0n) is 18.5. The summed E-state index contributed by atoms with van der Waals surface area (Å²) in [7, 11) is 0. The number of carbonyl (C=O) groups excluding carboxylic acids is 1. The lowest BCUT2D eigenvalue weighted by atomic mass is 9.96. The van der Waals surface area contributed by atoms with Crippen LogP contribution in [0.3, 0.4) is 0 Å². The van der Waals surface area contributed by atoms with E-state index in [2.05, 4.69) is 19.1 Å². The summed E-state index contributed by atoms with van der Waals surface area (Å²) in [4.78, 5) is 29.0. The smallest absolute Gasteiger partial charge is 0.291 e. The van der Waals surface area contributed by atoms with Crippen molar-refractivity contribution in [3.8, 4) is 0 Å². The average Bonchev–Trinajstić information content (AvgIpc) is 3.08. The molecule has 0 spiro atoms. The van der Waals surface area contributed by atoms with E-state index in [4.69, 9.17) is 4.42 Å². The maximum absolute atomic E-state index is 13.7. The number of nitrogens with zero attached hydrogens (tertiary/aromatic N) is 1. The van der Waals surface area contributed by atoms with Crippen LogP contribution in [0, 0.1) is 13.8 Å². The number of rotatable bonds is 4. The lowest BCUT2D eigenvalue weighted by molar-refractivity contribution is 0.0714. The van der Waals surface area contributed by atoms with Gasteiger partial charge in [-0.05, 0) is 60.2 Å². The van der Waals surface area contributed by atoms with Crippen molar-refractivity contribution in [2.75, 3.05) is 0 Å². The van der Waals surface area contributed by atoms with Crippen LogP contribution in [-0.2, 0) is 13.0 Å². The predicted octanol–water partition coefficient (Wildman–Crippen LogP) is 5.72. The number of benzene rings is 3. The van der Waals surface area contributed by atoms with Crippen molar-refractivity contribution < 1.29 is 9.21 Å². The van der Waals surface area contributed by atoms with E-state index in [0.29, 0.717) is 23.1 Å². The number of amides is 1. The van der Waals surface area contributed by atoms with Gasteiger partial charge >= 0.3 is 0 Å². The third-order valence-electron chi connectivity index (χ3n) is 6.48. The molecule has 3 aromatic carbocycles. The first kappa shape index (κ1) is 20.3. The molecule has 0 saturated carbocycles. The third kappa shape index (κ3) is 3.23. The molecule has 2 heterocycles. The Hall–Kier alpha value is -3.66. The van der Waals surface area contributed by atoms with Crippen molar-refractivity contribution in [3.63, 3.8) is 0 Å². The number of hydrogen-bond acceptors (Lipinski definition) is 3. The molecule has 1 aliphatic heterocycles. The van der Waals surface area contributed by atoms with Crippen molar-refractivity contribution in [1.29, 1.82) is 0 Å². The molecule has 0 radical (unpaired) electrons. The molecule has 4 aromatic rings. The van der Waals surface area contributed by atoms with Crippen LogP contribution in [0.4, 0.5) is 0 Å². The van der Waals surface area contributed by atoms with Crippen LogP contribution in [0.5, 0.6) is 0 Å². The molecule has 0 N–H and O–H groups in total. The SMILES string of the molecule is CCc1ccc([C@@H]2c3c(oc4cc(C)c(C)cc4c3=O)C(=O)N2Cc2ccccc2)cc1. The Morgan fingerprint density at radius 3 is 2.25 bits per heavy atom. The summed E-state index contributed by atoms with van der Waals surface area (Å²) in [6.45, 7) is 6.47. The highest BCUT2D eigenvalue weighted by atomic mass is 16.3. The Labute approximate surface area is 187 Å². The van der Waals surface area contributed by atoms with Crippen molar-refractivity contribution in [2.45, 2.75) is 39.8 Å². The normalized spacial score (nSPS) is 15.4. The van der Waals surface area contributed by atoms with Crippen LogP contribution in [-0.4, -0.2) is 10.8 Å². The topological polar surface area (TPSA) is 50.5 Å². The van der Waals surface area contributed by atoms with Crippen molar-refractivity contribution in [3.05, 3.63) is 116 Å². The molecule has 0 unspecified atom stereocenters. The van der Waals surface area contributed by atoms with Crippen molar-refractivity contribution in [1.82, 2.24) is 4.90 Å². The van der Waals surface area contributed by atoms with E-state index in [-0.39, 0.29) is 17.1 Å². The monoisotopic (exact) mass is 423 g/mol. The van der Waals surface area contributed by atoms with E-state index >= 15 is 0 Å². The second-order valence-electron chi connectivity index (χ2n) is 8.52. The van der Waals surface area contributed by atoms with E-state index in [9.17, 15) is 9.59 Å². The summed E-state index contributed by atoms with van der Waals surface area (Å²) in [5.41, 5.74) is 5.96. The van der Waals surface area contributed by atoms with Crippen molar-refractivity contribution >= 4 is 16.9 Å². The van der Waals surface area contributed by atoms with Gasteiger partial charge in [-0.1, -0.05) is 61.5 Å². The van der Waals surface area contributed by atoms with Crippen LogP contribution in [0.15, 0.2) is 75.9 Å². The first-order valence-corrected chi connectivity index (χ1v) is 11.0. The Balaban J connectivity index is 1.73. The lowest BCUT2D eigenvalue weighted by Gasteiger charge is -2.25. The first-order valence-electron chi connectivity index (χ1n) is 11.0. The Morgan fingerprint density at radius 2 is 1.56 bits per heavy atom. The molecule has 0 bridgehead atoms. The van der Waals surface area contributed by atoms with Crippen LogP contribution >= 0.6 is 0 Å². The zero-order valence-corrected chi connectivity index (χ0v) is 18.5. The summed E-state index contributed by atoms with van der Waals surface area (Å²) in [6.07, 6.45) is 0.930. The quantitative estimate of drug-likeness (QED) is 0.422. The largest absolute Gasteiger partial charge is 0.450 e. The van der Waals surface area contributed by atoms with E-state index < -0.39 is 6.04 Å². The van der Waals surface area contributed by atoms with E-state index in [1.54, 1.807) is 4.90 Å². The second kappa shape index (κ2) is 7.79. The molecule has 1 atom stereocenters. The molecule has 32 heavy (non-hydrogen) atoms. The van der Waals surface area contributed by atoms with Crippen LogP contribution < -0.4 is 5.43 Å². The zero-order chi connectivity index (χ0) is 22.4. The lowest BCUT2D eigenvalue weighted by Crippen LogP contribution is -2.29. The molecule has 4 heteroatoms. The molecule has 4 nitrogen and oxygen atoms in total. The van der Waals surface area contributed by atoms with Gasteiger partial charge in [-0.25, -0.2) is 0 Å². The van der Waals surface area contributed by atoms with Gasteiger partial charge in [0, 0.05) is 6.54 Å². The minimum atomic E-state index is -0.481. The predicted molar refractivity (Wildman–Crippen MR) is 126 cm³/mol. The average molecular weight is 424 g/mol. The molecule has 1 amide bonds. The number of fused-ring (bicyclic) bond motifs is 2. The summed E-state index contributed by atoms with van der Waals surface area (Å²) in [6, 6.07) is 21.3. The standard InChI is InChI=1S/C28H25NO3/c1-4-19-10-12-21(13-11-19)25-24-26(30)22-14-17(2)18(3)15-23(22)32-27(24)28(31)29(25)16-20-8-6-5-7-9-20/h5-15,25H,4,16H2,1-3H3/t25-/m1/s1. The van der Waals surface area contributed by atoms with Gasteiger partial charge in [0.05, 0.1) is 17.0 Å². The highest BCUT2D eigenvalue weighted by molar-refractivity contribution is 5.99. The van der Waals surface area contributed by atoms with Gasteiger partial charge in [-0.15, -0.1) is 0 Å². The van der Waals surface area contributed by atoms with Crippen LogP contribution in [0.25, 0.3) is 11.0 Å². The van der Waals surface area contributed by atoms with Gasteiger partial charge in [0.2, 0.25) is 5.76 Å². The Bertz CT molecular complexity index is 1380. The minimum absolute atomic E-state index is 0.127. The highest BCUT2D eigenvalue weighted by Gasteiger charge is 2.42. The molecule has 0 fully saturated rings. The fourth-order valence-corrected chi connectivity index (χ4v) is 4.50. The Kier molecular flexibility index (Phi) is 4.93. The molecule has 0 aliphatic carbocycles. The molecule has 1 aliphatic rings. The summed E-state index contributed by atoms with van der Waals surface area (Å²) >= 11 is 0. The summed E-state index contributed by atoms with van der Waals surface area (Å²) < 4.78 is 6.11. The molecule has 160 valence electrons. The van der Waals surface area contributed by atoms with Crippen LogP contribution in [0.2, 0.25) is 0 Å². The van der Waals surface area contributed by atoms with Crippen LogP contribution in [0.1, 0.15) is 56.9 Å². The highest BCUT2D eigenvalue weighted by Crippen LogP contribution is 2.39. The van der Waals surface area contributed by atoms with Gasteiger partial charge in [0.1, 0.15) is 5.58 Å². The van der Waals surface area contributed by atoms with Gasteiger partial charge in [0.25, 0.3) is 5.91 Å². The molecular weight excluding hydrogens is 398 g/mol. The fourth-order valence-electron chi connectivity index (χ4n) is 4.50. The minimum Gasteiger partial charge on any atom is -0.450 e. The molecule has 5 rings (SSSR count). The Morgan fingerprint density at radius 1 is 0.875 bits per heavy atom. The number of aryl methyl sites for hydroxylation is 3. The number of carbonyl (C=O) groups is 1. The van der Waals surface area contributed by atoms with E-state index in [0.717, 1.165) is 28.7 Å².